The van der Waals surface area contributed by atoms with E-state index < -0.39 is 71.3 Å². The van der Waals surface area contributed by atoms with Crippen LogP contribution in [0.4, 0.5) is 0 Å². The molecule has 4 unspecified atom stereocenters. The first-order valence-electron chi connectivity index (χ1n) is 18.7. The minimum absolute atomic E-state index is 0.0216. The predicted octanol–water partition coefficient (Wildman–Crippen LogP) is 7.71. The van der Waals surface area contributed by atoms with Crippen LogP contribution in [0.25, 0.3) is 0 Å². The van der Waals surface area contributed by atoms with Gasteiger partial charge in [-0.2, -0.15) is 0 Å². The van der Waals surface area contributed by atoms with E-state index in [9.17, 15) is 19.2 Å². The third kappa shape index (κ3) is 8.52. The van der Waals surface area contributed by atoms with E-state index in [-0.39, 0.29) is 19.3 Å². The normalized spacial score (nSPS) is 29.9. The summed E-state index contributed by atoms with van der Waals surface area (Å²) >= 11 is 0. The first kappa shape index (κ1) is 38.7. The van der Waals surface area contributed by atoms with Crippen molar-refractivity contribution in [3.05, 3.63) is 130 Å². The Balaban J connectivity index is 1.51. The fourth-order valence-electron chi connectivity index (χ4n) is 8.44. The molecule has 8 atom stereocenters. The molecule has 3 aromatic carbocycles. The molecule has 1 aliphatic heterocycles. The Hall–Kier alpha value is -5.02. The highest BCUT2D eigenvalue weighted by Crippen LogP contribution is 2.60. The molecule has 1 heterocycles. The number of epoxide rings is 1. The van der Waals surface area contributed by atoms with Crippen molar-refractivity contribution in [2.75, 3.05) is 0 Å². The standard InChI is InChI=1S/C45H50O9/c1-28(2)37-34(51-43(49)33-22-14-9-15-23-33)27-44(5)38(37)40(52-35(47)25-31-18-10-7-11-19-31)39(50-30(4)46)29(3)17-16-24-45(6)42(54-45)41(44)53-36(48)26-32-20-12-8-13-21-32/h7-15,17-23,34,38-42H,16,24-27H2,1-6H3/b29-17+/t34-,38?,39?,40?,41?,42+,44+,45+/m1/s1. The zero-order valence-electron chi connectivity index (χ0n) is 31.9. The van der Waals surface area contributed by atoms with Gasteiger partial charge in [0, 0.05) is 18.3 Å². The molecule has 284 valence electrons. The maximum atomic E-state index is 14.0. The maximum Gasteiger partial charge on any atom is 0.338 e. The number of rotatable bonds is 9. The Morgan fingerprint density at radius 1 is 0.741 bits per heavy atom. The first-order chi connectivity index (χ1) is 25.8. The predicted molar refractivity (Wildman–Crippen MR) is 202 cm³/mol. The molecule has 0 aromatic heterocycles. The summed E-state index contributed by atoms with van der Waals surface area (Å²) < 4.78 is 32.1. The van der Waals surface area contributed by atoms with Crippen LogP contribution in [0.1, 0.15) is 82.3 Å². The number of allylic oxidation sites excluding steroid dienone is 2. The number of carbonyl (C=O) groups is 4. The zero-order chi connectivity index (χ0) is 38.6. The topological polar surface area (TPSA) is 118 Å². The van der Waals surface area contributed by atoms with Gasteiger partial charge in [0.2, 0.25) is 0 Å². The lowest BCUT2D eigenvalue weighted by atomic mass is 9.67. The quantitative estimate of drug-likeness (QED) is 0.0943. The van der Waals surface area contributed by atoms with E-state index >= 15 is 0 Å². The monoisotopic (exact) mass is 734 g/mol. The third-order valence-electron chi connectivity index (χ3n) is 11.1. The van der Waals surface area contributed by atoms with Crippen LogP contribution < -0.4 is 0 Å². The molecule has 0 N–H and O–H groups in total. The van der Waals surface area contributed by atoms with Gasteiger partial charge >= 0.3 is 23.9 Å². The number of fused-ring (bicyclic) bond motifs is 2. The van der Waals surface area contributed by atoms with Crippen molar-refractivity contribution in [1.82, 2.24) is 0 Å². The summed E-state index contributed by atoms with van der Waals surface area (Å²) in [4.78, 5) is 54.6. The number of hydrogen-bond acceptors (Lipinski definition) is 9. The number of carbonyl (C=O) groups excluding carboxylic acids is 4. The van der Waals surface area contributed by atoms with E-state index in [1.54, 1.807) is 24.3 Å². The van der Waals surface area contributed by atoms with Gasteiger partial charge in [-0.1, -0.05) is 97.4 Å². The van der Waals surface area contributed by atoms with Gasteiger partial charge in [-0.05, 0) is 81.4 Å². The van der Waals surface area contributed by atoms with Crippen molar-refractivity contribution in [3.8, 4) is 0 Å². The Morgan fingerprint density at radius 3 is 1.85 bits per heavy atom. The SMILES string of the molecule is CC(=O)OC1/C(C)=C/CC[C@]2(C)O[C@H]2C(OC(=O)Cc2ccccc2)[C@@]2(C)C[C@@H](OC(=O)c3ccccc3)C(=C(C)C)C2C1OC(=O)Cc1ccccc1. The molecule has 0 spiro atoms. The molecule has 2 fully saturated rings. The molecule has 0 bridgehead atoms. The van der Waals surface area contributed by atoms with Gasteiger partial charge in [-0.3, -0.25) is 14.4 Å². The highest BCUT2D eigenvalue weighted by Gasteiger charge is 2.68. The molecule has 2 aliphatic carbocycles. The van der Waals surface area contributed by atoms with E-state index in [2.05, 4.69) is 0 Å². The summed E-state index contributed by atoms with van der Waals surface area (Å²) in [6.45, 7) is 11.1. The summed E-state index contributed by atoms with van der Waals surface area (Å²) in [6.07, 6.45) is -0.812. The Morgan fingerprint density at radius 2 is 1.30 bits per heavy atom. The number of benzene rings is 3. The Kier molecular flexibility index (Phi) is 11.6. The average Bonchev–Trinajstić information content (AvgIpc) is 3.70. The molecule has 9 nitrogen and oxygen atoms in total. The van der Waals surface area contributed by atoms with Gasteiger partial charge in [-0.15, -0.1) is 0 Å². The highest BCUT2D eigenvalue weighted by molar-refractivity contribution is 5.89. The number of hydrogen-bond donors (Lipinski definition) is 0. The summed E-state index contributed by atoms with van der Waals surface area (Å²) in [5.74, 6) is -2.76. The second-order valence-corrected chi connectivity index (χ2v) is 15.5. The van der Waals surface area contributed by atoms with Crippen molar-refractivity contribution < 1.29 is 42.9 Å². The van der Waals surface area contributed by atoms with Crippen molar-refractivity contribution in [2.45, 2.75) is 110 Å². The van der Waals surface area contributed by atoms with Gasteiger partial charge in [0.15, 0.2) is 6.10 Å². The minimum Gasteiger partial charge on any atom is -0.459 e. The molecule has 0 amide bonds. The minimum atomic E-state index is -1.09. The summed E-state index contributed by atoms with van der Waals surface area (Å²) in [7, 11) is 0. The molecule has 54 heavy (non-hydrogen) atoms. The molecular formula is C45H50O9. The van der Waals surface area contributed by atoms with Crippen LogP contribution in [0, 0.1) is 11.3 Å². The van der Waals surface area contributed by atoms with E-state index in [0.717, 1.165) is 22.3 Å². The van der Waals surface area contributed by atoms with Gasteiger partial charge in [0.05, 0.1) is 24.0 Å². The summed E-state index contributed by atoms with van der Waals surface area (Å²) in [6, 6.07) is 27.4. The number of esters is 4. The zero-order valence-corrected chi connectivity index (χ0v) is 31.9. The van der Waals surface area contributed by atoms with Crippen LogP contribution in [-0.4, -0.2) is 60.0 Å². The lowest BCUT2D eigenvalue weighted by Gasteiger charge is -2.43. The van der Waals surface area contributed by atoms with Crippen LogP contribution in [0.15, 0.2) is 114 Å². The fraction of sp³-hybridized carbons (Fsp3) is 0.422. The Bertz CT molecular complexity index is 1900. The fourth-order valence-corrected chi connectivity index (χ4v) is 8.44. The second-order valence-electron chi connectivity index (χ2n) is 15.5. The number of ether oxygens (including phenoxy) is 5. The van der Waals surface area contributed by atoms with Crippen LogP contribution >= 0.6 is 0 Å². The summed E-state index contributed by atoms with van der Waals surface area (Å²) in [5, 5.41) is 0. The van der Waals surface area contributed by atoms with Crippen molar-refractivity contribution >= 4 is 23.9 Å². The molecule has 1 saturated carbocycles. The third-order valence-corrected chi connectivity index (χ3v) is 11.1. The first-order valence-corrected chi connectivity index (χ1v) is 18.7. The van der Waals surface area contributed by atoms with Gasteiger partial charge in [0.25, 0.3) is 0 Å². The molecule has 6 rings (SSSR count). The van der Waals surface area contributed by atoms with E-state index in [1.807, 2.05) is 107 Å². The maximum absolute atomic E-state index is 14.0. The van der Waals surface area contributed by atoms with Crippen LogP contribution in [0.3, 0.4) is 0 Å². The van der Waals surface area contributed by atoms with E-state index in [0.29, 0.717) is 24.0 Å². The molecule has 3 aromatic rings. The van der Waals surface area contributed by atoms with Gasteiger partial charge in [-0.25, -0.2) is 4.79 Å². The highest BCUT2D eigenvalue weighted by atomic mass is 16.6. The van der Waals surface area contributed by atoms with E-state index in [4.69, 9.17) is 23.7 Å². The lowest BCUT2D eigenvalue weighted by Crippen LogP contribution is -2.52. The summed E-state index contributed by atoms with van der Waals surface area (Å²) in [5.41, 5.74) is 2.53. The van der Waals surface area contributed by atoms with Crippen LogP contribution in [0.2, 0.25) is 0 Å². The van der Waals surface area contributed by atoms with Gasteiger partial charge < -0.3 is 23.7 Å². The second kappa shape index (κ2) is 16.1. The van der Waals surface area contributed by atoms with Gasteiger partial charge in [0.1, 0.15) is 24.4 Å². The van der Waals surface area contributed by atoms with Crippen molar-refractivity contribution in [1.29, 1.82) is 0 Å². The van der Waals surface area contributed by atoms with Crippen molar-refractivity contribution in [2.24, 2.45) is 11.3 Å². The molecule has 9 heteroatoms. The van der Waals surface area contributed by atoms with Crippen LogP contribution in [0.5, 0.6) is 0 Å². The Labute approximate surface area is 317 Å². The average molecular weight is 735 g/mol. The van der Waals surface area contributed by atoms with Crippen LogP contribution in [-0.2, 0) is 50.9 Å². The molecule has 0 radical (unpaired) electrons. The molecule has 3 aliphatic rings. The molecular weight excluding hydrogens is 684 g/mol. The lowest BCUT2D eigenvalue weighted by molar-refractivity contribution is -0.177. The largest absolute Gasteiger partial charge is 0.459 e. The van der Waals surface area contributed by atoms with E-state index in [1.165, 1.54) is 6.92 Å². The molecule has 1 saturated heterocycles. The van der Waals surface area contributed by atoms with Crippen molar-refractivity contribution in [3.63, 3.8) is 0 Å². The smallest absolute Gasteiger partial charge is 0.338 e.